The average molecular weight is 226 g/mol. The molecule has 0 aromatic heterocycles. The fourth-order valence-electron chi connectivity index (χ4n) is 0.746. The van der Waals surface area contributed by atoms with Crippen molar-refractivity contribution in [3.05, 3.63) is 36.5 Å². The molecule has 0 atom stereocenters. The van der Waals surface area contributed by atoms with Gasteiger partial charge in [0.05, 0.1) is 6.54 Å². The summed E-state index contributed by atoms with van der Waals surface area (Å²) in [6, 6.07) is 0. The molecule has 0 aromatic carbocycles. The van der Waals surface area contributed by atoms with Crippen LogP contribution < -0.4 is 5.43 Å². The van der Waals surface area contributed by atoms with Crippen molar-refractivity contribution >= 4 is 11.9 Å². The van der Waals surface area contributed by atoms with Crippen LogP contribution in [0.25, 0.3) is 0 Å². The van der Waals surface area contributed by atoms with Gasteiger partial charge in [-0.15, -0.1) is 6.58 Å². The molecule has 0 heterocycles. The maximum Gasteiger partial charge on any atom is 0.331 e. The Morgan fingerprint density at radius 2 is 2.06 bits per heavy atom. The Balaban J connectivity index is 4.41. The van der Waals surface area contributed by atoms with Crippen LogP contribution >= 0.6 is 0 Å². The molecule has 1 amide bonds. The van der Waals surface area contributed by atoms with Gasteiger partial charge in [0.2, 0.25) is 0 Å². The summed E-state index contributed by atoms with van der Waals surface area (Å²) in [6.45, 7) is 8.11. The van der Waals surface area contributed by atoms with Gasteiger partial charge in [0.15, 0.2) is 0 Å². The summed E-state index contributed by atoms with van der Waals surface area (Å²) in [7, 11) is 0. The Morgan fingerprint density at radius 1 is 1.50 bits per heavy atom. The molecular formula is C10H14N2O4. The lowest BCUT2D eigenvalue weighted by Crippen LogP contribution is -2.40. The van der Waals surface area contributed by atoms with Crippen LogP contribution in [0, 0.1) is 0 Å². The molecule has 0 saturated heterocycles. The molecule has 0 aliphatic rings. The fraction of sp³-hybridized carbons (Fsp3) is 0.200. The average Bonchev–Trinajstić information content (AvgIpc) is 2.17. The Hall–Kier alpha value is -1.92. The largest absolute Gasteiger partial charge is 0.478 e. The van der Waals surface area contributed by atoms with E-state index >= 15 is 0 Å². The minimum absolute atomic E-state index is 0.0200. The molecule has 0 spiro atoms. The zero-order chi connectivity index (χ0) is 12.7. The number of hydroxylamine groups is 1. The van der Waals surface area contributed by atoms with Gasteiger partial charge in [-0.3, -0.25) is 15.4 Å². The summed E-state index contributed by atoms with van der Waals surface area (Å²) in [5, 5.41) is 18.1. The van der Waals surface area contributed by atoms with E-state index in [0.29, 0.717) is 5.17 Å². The quantitative estimate of drug-likeness (QED) is 0.265. The minimum Gasteiger partial charge on any atom is -0.478 e. The molecule has 6 heteroatoms. The highest BCUT2D eigenvalue weighted by Crippen LogP contribution is 2.00. The van der Waals surface area contributed by atoms with E-state index in [1.165, 1.54) is 13.0 Å². The summed E-state index contributed by atoms with van der Waals surface area (Å²) in [6.07, 6.45) is 2.49. The lowest BCUT2D eigenvalue weighted by atomic mass is 10.2. The number of nitrogens with zero attached hydrogens (tertiary/aromatic N) is 1. The Bertz CT molecular complexity index is 347. The highest BCUT2D eigenvalue weighted by atomic mass is 16.5. The molecule has 0 bridgehead atoms. The van der Waals surface area contributed by atoms with Crippen LogP contribution in [0.1, 0.15) is 6.92 Å². The van der Waals surface area contributed by atoms with Gasteiger partial charge in [-0.25, -0.2) is 4.79 Å². The van der Waals surface area contributed by atoms with Gasteiger partial charge in [0, 0.05) is 11.1 Å². The van der Waals surface area contributed by atoms with E-state index in [4.69, 9.17) is 10.3 Å². The molecule has 0 fully saturated rings. The van der Waals surface area contributed by atoms with Gasteiger partial charge in [-0.05, 0) is 13.0 Å². The van der Waals surface area contributed by atoms with Crippen molar-refractivity contribution in [2.24, 2.45) is 0 Å². The first kappa shape index (κ1) is 14.1. The maximum absolute atomic E-state index is 11.3. The monoisotopic (exact) mass is 226 g/mol. The van der Waals surface area contributed by atoms with Crippen molar-refractivity contribution in [2.75, 3.05) is 6.54 Å². The van der Waals surface area contributed by atoms with Gasteiger partial charge in [-0.2, -0.15) is 0 Å². The predicted molar refractivity (Wildman–Crippen MR) is 57.4 cm³/mol. The fourth-order valence-corrected chi connectivity index (χ4v) is 0.746. The van der Waals surface area contributed by atoms with Crippen LogP contribution in [0.15, 0.2) is 36.5 Å². The third kappa shape index (κ3) is 5.08. The smallest absolute Gasteiger partial charge is 0.331 e. The van der Waals surface area contributed by atoms with Crippen LogP contribution in [0.4, 0.5) is 0 Å². The molecule has 0 aliphatic carbocycles. The summed E-state index contributed by atoms with van der Waals surface area (Å²) >= 11 is 0. The van der Waals surface area contributed by atoms with E-state index in [1.807, 2.05) is 0 Å². The second-order valence-corrected chi connectivity index (χ2v) is 2.97. The molecule has 0 rings (SSSR count). The normalized spacial score (nSPS) is 11.1. The van der Waals surface area contributed by atoms with Crippen LogP contribution in [-0.4, -0.2) is 33.9 Å². The number of carbonyl (C=O) groups is 2. The number of amides is 1. The third-order valence-electron chi connectivity index (χ3n) is 1.55. The highest BCUT2D eigenvalue weighted by molar-refractivity contribution is 5.97. The van der Waals surface area contributed by atoms with Crippen LogP contribution in [-0.2, 0) is 9.59 Å². The van der Waals surface area contributed by atoms with E-state index in [1.54, 1.807) is 0 Å². The molecule has 0 aliphatic heterocycles. The number of rotatable bonds is 6. The molecule has 88 valence electrons. The Labute approximate surface area is 93.1 Å². The number of carbonyl (C=O) groups excluding carboxylic acids is 1. The van der Waals surface area contributed by atoms with Crippen LogP contribution in [0.5, 0.6) is 0 Å². The third-order valence-corrected chi connectivity index (χ3v) is 1.55. The van der Waals surface area contributed by atoms with E-state index in [9.17, 15) is 9.59 Å². The standard InChI is InChI=1S/C10H14N2O4/c1-4-5-12(16)11-9(13)7(2)6-8(3)10(14)15/h4,6,16H,1-2,5H2,3H3,(H,11,13)(H,14,15). The van der Waals surface area contributed by atoms with Crippen LogP contribution in [0.2, 0.25) is 0 Å². The molecule has 6 nitrogen and oxygen atoms in total. The molecule has 0 saturated carbocycles. The zero-order valence-corrected chi connectivity index (χ0v) is 8.93. The molecule has 16 heavy (non-hydrogen) atoms. The van der Waals surface area contributed by atoms with Crippen LogP contribution in [0.3, 0.4) is 0 Å². The molecular weight excluding hydrogens is 212 g/mol. The van der Waals surface area contributed by atoms with Crippen molar-refractivity contribution in [3.63, 3.8) is 0 Å². The van der Waals surface area contributed by atoms with Crippen molar-refractivity contribution in [3.8, 4) is 0 Å². The van der Waals surface area contributed by atoms with Gasteiger partial charge in [-0.1, -0.05) is 17.8 Å². The molecule has 3 N–H and O–H groups in total. The van der Waals surface area contributed by atoms with Crippen molar-refractivity contribution in [1.29, 1.82) is 0 Å². The number of hydrazine groups is 1. The number of aliphatic carboxylic acids is 1. The highest BCUT2D eigenvalue weighted by Gasteiger charge is 2.09. The number of hydrogen-bond acceptors (Lipinski definition) is 4. The molecule has 0 radical (unpaired) electrons. The lowest BCUT2D eigenvalue weighted by Gasteiger charge is -2.13. The van der Waals surface area contributed by atoms with E-state index in [0.717, 1.165) is 6.08 Å². The maximum atomic E-state index is 11.3. The molecule has 0 aromatic rings. The summed E-state index contributed by atoms with van der Waals surface area (Å²) < 4.78 is 0. The Kier molecular flexibility index (Phi) is 5.76. The van der Waals surface area contributed by atoms with Gasteiger partial charge in [0.1, 0.15) is 0 Å². The topological polar surface area (TPSA) is 89.9 Å². The summed E-state index contributed by atoms with van der Waals surface area (Å²) in [5.41, 5.74) is 1.98. The van der Waals surface area contributed by atoms with Crippen molar-refractivity contribution < 1.29 is 19.9 Å². The van der Waals surface area contributed by atoms with Crippen molar-refractivity contribution in [1.82, 2.24) is 10.6 Å². The van der Waals surface area contributed by atoms with E-state index in [2.05, 4.69) is 18.6 Å². The number of nitrogens with one attached hydrogen (secondary N) is 1. The second kappa shape index (κ2) is 6.54. The van der Waals surface area contributed by atoms with Gasteiger partial charge < -0.3 is 5.11 Å². The Morgan fingerprint density at radius 3 is 2.50 bits per heavy atom. The first-order valence-electron chi connectivity index (χ1n) is 4.37. The van der Waals surface area contributed by atoms with E-state index in [-0.39, 0.29) is 17.7 Å². The van der Waals surface area contributed by atoms with E-state index < -0.39 is 11.9 Å². The van der Waals surface area contributed by atoms with Gasteiger partial charge >= 0.3 is 5.97 Å². The number of hydrogen-bond donors (Lipinski definition) is 3. The summed E-state index contributed by atoms with van der Waals surface area (Å²) in [5.74, 6) is -1.83. The van der Waals surface area contributed by atoms with Crippen molar-refractivity contribution in [2.45, 2.75) is 6.92 Å². The minimum atomic E-state index is -1.14. The second-order valence-electron chi connectivity index (χ2n) is 2.97. The predicted octanol–water partition coefficient (Wildman–Crippen LogP) is 0.482. The number of carboxylic acids is 1. The first-order valence-corrected chi connectivity index (χ1v) is 4.37. The lowest BCUT2D eigenvalue weighted by molar-refractivity contribution is -0.153. The SMILES string of the molecule is C=CCN(O)NC(=O)C(=C)C=C(C)C(=O)O. The summed E-state index contributed by atoms with van der Waals surface area (Å²) in [4.78, 5) is 21.8. The zero-order valence-electron chi connectivity index (χ0n) is 8.93. The first-order chi connectivity index (χ1) is 7.38. The van der Waals surface area contributed by atoms with Gasteiger partial charge in [0.25, 0.3) is 5.91 Å². The molecule has 0 unspecified atom stereocenters. The number of carboxylic acid groups (broad SMARTS) is 1.